The lowest BCUT2D eigenvalue weighted by Gasteiger charge is -2.26. The van der Waals surface area contributed by atoms with E-state index in [0.29, 0.717) is 11.3 Å². The molecular weight excluding hydrogens is 286 g/mol. The molecule has 1 aliphatic rings. The number of hydrogen-bond acceptors (Lipinski definition) is 3. The molecule has 4 heteroatoms. The van der Waals surface area contributed by atoms with Gasteiger partial charge < -0.3 is 4.84 Å². The third-order valence-corrected chi connectivity index (χ3v) is 3.66. The number of halogens is 1. The maximum absolute atomic E-state index is 11.8. The van der Waals surface area contributed by atoms with E-state index in [1.165, 1.54) is 0 Å². The summed E-state index contributed by atoms with van der Waals surface area (Å²) in [6.45, 7) is 1.76. The molecule has 3 rings (SSSR count). The van der Waals surface area contributed by atoms with Crippen LogP contribution in [-0.2, 0) is 9.63 Å². The third-order valence-electron chi connectivity index (χ3n) is 3.46. The Bertz CT molecular complexity index is 682. The van der Waals surface area contributed by atoms with Crippen LogP contribution in [0.15, 0.2) is 72.0 Å². The van der Waals surface area contributed by atoms with Crippen LogP contribution in [-0.4, -0.2) is 5.24 Å². The van der Waals surface area contributed by atoms with E-state index in [-0.39, 0.29) is 6.04 Å². The smallest absolute Gasteiger partial charge is 0.254 e. The fourth-order valence-corrected chi connectivity index (χ4v) is 2.76. The van der Waals surface area contributed by atoms with Crippen molar-refractivity contribution >= 4 is 22.5 Å². The summed E-state index contributed by atoms with van der Waals surface area (Å²) in [5.41, 5.74) is 2.31. The number of anilines is 1. The first kappa shape index (κ1) is 13.7. The minimum atomic E-state index is -0.486. The van der Waals surface area contributed by atoms with Gasteiger partial charge in [0.05, 0.1) is 11.3 Å². The summed E-state index contributed by atoms with van der Waals surface area (Å²) in [5, 5.41) is 1.24. The molecule has 0 saturated carbocycles. The van der Waals surface area contributed by atoms with Gasteiger partial charge >= 0.3 is 0 Å². The van der Waals surface area contributed by atoms with E-state index in [4.69, 9.17) is 16.4 Å². The monoisotopic (exact) mass is 299 g/mol. The fraction of sp³-hybridized carbons (Fsp3) is 0.118. The van der Waals surface area contributed by atoms with Crippen molar-refractivity contribution in [1.82, 2.24) is 0 Å². The van der Waals surface area contributed by atoms with Crippen LogP contribution in [0.3, 0.4) is 0 Å². The minimum Gasteiger partial charge on any atom is -0.383 e. The quantitative estimate of drug-likeness (QED) is 0.795. The van der Waals surface area contributed by atoms with Gasteiger partial charge in [-0.25, -0.2) is 0 Å². The maximum Gasteiger partial charge on any atom is 0.254 e. The molecule has 0 fully saturated rings. The Balaban J connectivity index is 2.09. The number of nitrogens with zero attached hydrogens (tertiary/aromatic N) is 1. The molecule has 0 N–H and O–H groups in total. The Labute approximate surface area is 128 Å². The van der Waals surface area contributed by atoms with Gasteiger partial charge in [0.15, 0.2) is 0 Å². The number of allylic oxidation sites excluding steroid dienone is 1. The molecule has 0 saturated heterocycles. The summed E-state index contributed by atoms with van der Waals surface area (Å²) in [4.78, 5) is 17.6. The van der Waals surface area contributed by atoms with Crippen LogP contribution in [0.25, 0.3) is 0 Å². The Hall–Kier alpha value is -2.26. The zero-order valence-corrected chi connectivity index (χ0v) is 12.2. The second-order valence-electron chi connectivity index (χ2n) is 4.81. The molecule has 1 atom stereocenters. The first-order valence-corrected chi connectivity index (χ1v) is 7.04. The zero-order chi connectivity index (χ0) is 14.8. The highest BCUT2D eigenvalue weighted by Gasteiger charge is 2.38. The van der Waals surface area contributed by atoms with E-state index in [1.807, 2.05) is 60.7 Å². The molecule has 0 amide bonds. The number of hydroxylamine groups is 1. The molecular formula is C17H14ClNO2. The van der Waals surface area contributed by atoms with Crippen LogP contribution >= 0.6 is 11.6 Å². The molecule has 106 valence electrons. The molecule has 1 heterocycles. The average molecular weight is 300 g/mol. The Morgan fingerprint density at radius 2 is 1.62 bits per heavy atom. The second-order valence-corrected chi connectivity index (χ2v) is 5.15. The van der Waals surface area contributed by atoms with Gasteiger partial charge in [-0.3, -0.25) is 4.79 Å². The van der Waals surface area contributed by atoms with Crippen molar-refractivity contribution < 1.29 is 9.63 Å². The van der Waals surface area contributed by atoms with Gasteiger partial charge in [-0.15, -0.1) is 0 Å². The van der Waals surface area contributed by atoms with Crippen LogP contribution in [0.1, 0.15) is 18.5 Å². The third kappa shape index (κ3) is 2.52. The molecule has 2 aromatic carbocycles. The number of hydrogen-bond donors (Lipinski definition) is 0. The van der Waals surface area contributed by atoms with Gasteiger partial charge in [0.25, 0.3) is 5.24 Å². The zero-order valence-electron chi connectivity index (χ0n) is 11.5. The van der Waals surface area contributed by atoms with E-state index in [2.05, 4.69) is 0 Å². The molecule has 2 aromatic rings. The van der Waals surface area contributed by atoms with Gasteiger partial charge in [0, 0.05) is 0 Å². The highest BCUT2D eigenvalue weighted by Crippen LogP contribution is 2.41. The lowest BCUT2D eigenvalue weighted by molar-refractivity contribution is -0.108. The van der Waals surface area contributed by atoms with Crippen molar-refractivity contribution in [3.8, 4) is 0 Å². The summed E-state index contributed by atoms with van der Waals surface area (Å²) in [6.07, 6.45) is 0. The Morgan fingerprint density at radius 1 is 1.05 bits per heavy atom. The van der Waals surface area contributed by atoms with Crippen molar-refractivity contribution in [3.05, 3.63) is 77.6 Å². The second kappa shape index (κ2) is 5.62. The van der Waals surface area contributed by atoms with E-state index < -0.39 is 5.24 Å². The number of rotatable bonds is 3. The van der Waals surface area contributed by atoms with Crippen molar-refractivity contribution in [2.24, 2.45) is 0 Å². The number of benzene rings is 2. The van der Waals surface area contributed by atoms with Gasteiger partial charge in [-0.05, 0) is 36.2 Å². The predicted octanol–water partition coefficient (Wildman–Crippen LogP) is 4.22. The van der Waals surface area contributed by atoms with E-state index in [9.17, 15) is 4.79 Å². The normalized spacial score (nSPS) is 17.8. The molecule has 21 heavy (non-hydrogen) atoms. The van der Waals surface area contributed by atoms with E-state index in [1.54, 1.807) is 12.0 Å². The van der Waals surface area contributed by atoms with Crippen molar-refractivity contribution in [2.75, 3.05) is 5.06 Å². The summed E-state index contributed by atoms with van der Waals surface area (Å²) in [5.74, 6) is 0.535. The summed E-state index contributed by atoms with van der Waals surface area (Å²) in [6, 6.07) is 19.0. The average Bonchev–Trinajstić information content (AvgIpc) is 2.86. The molecule has 1 aliphatic heterocycles. The largest absolute Gasteiger partial charge is 0.383 e. The minimum absolute atomic E-state index is 0.335. The summed E-state index contributed by atoms with van der Waals surface area (Å²) in [7, 11) is 0. The van der Waals surface area contributed by atoms with Crippen LogP contribution in [0, 0.1) is 0 Å². The van der Waals surface area contributed by atoms with Crippen LogP contribution < -0.4 is 5.06 Å². The Morgan fingerprint density at radius 3 is 2.19 bits per heavy atom. The number of carbonyl (C=O) groups excluding carboxylic acids is 1. The van der Waals surface area contributed by atoms with Crippen molar-refractivity contribution in [1.29, 1.82) is 0 Å². The van der Waals surface area contributed by atoms with Crippen molar-refractivity contribution in [2.45, 2.75) is 13.0 Å². The molecule has 0 radical (unpaired) electrons. The highest BCUT2D eigenvalue weighted by molar-refractivity contribution is 6.68. The molecule has 0 spiro atoms. The lowest BCUT2D eigenvalue weighted by Crippen LogP contribution is -2.24. The molecule has 0 aromatic heterocycles. The number of para-hydroxylation sites is 1. The fourth-order valence-electron chi connectivity index (χ4n) is 2.52. The highest BCUT2D eigenvalue weighted by atomic mass is 35.5. The van der Waals surface area contributed by atoms with Crippen molar-refractivity contribution in [3.63, 3.8) is 0 Å². The van der Waals surface area contributed by atoms with Gasteiger partial charge in [-0.2, -0.15) is 5.06 Å². The maximum atomic E-state index is 11.8. The van der Waals surface area contributed by atoms with Gasteiger partial charge in [-0.1, -0.05) is 48.5 Å². The first-order chi connectivity index (χ1) is 10.2. The predicted molar refractivity (Wildman–Crippen MR) is 82.7 cm³/mol. The van der Waals surface area contributed by atoms with Crippen LogP contribution in [0.5, 0.6) is 0 Å². The van der Waals surface area contributed by atoms with E-state index in [0.717, 1.165) is 11.3 Å². The number of carbonyl (C=O) groups is 1. The Kier molecular flexibility index (Phi) is 3.67. The summed E-state index contributed by atoms with van der Waals surface area (Å²) >= 11 is 5.77. The molecule has 1 unspecified atom stereocenters. The lowest BCUT2D eigenvalue weighted by atomic mass is 9.98. The molecule has 0 bridgehead atoms. The topological polar surface area (TPSA) is 29.5 Å². The SMILES string of the molecule is CC1=C(C(=O)Cl)C(c2ccccc2)N(c2ccccc2)O1. The molecule has 0 aliphatic carbocycles. The standard InChI is InChI=1S/C17H14ClNO2/c1-12-15(17(18)20)16(13-8-4-2-5-9-13)19(21-12)14-10-6-3-7-11-14/h2-11,16H,1H3. The first-order valence-electron chi connectivity index (χ1n) is 6.66. The van der Waals surface area contributed by atoms with Crippen LogP contribution in [0.4, 0.5) is 5.69 Å². The summed E-state index contributed by atoms with van der Waals surface area (Å²) < 4.78 is 0. The van der Waals surface area contributed by atoms with Crippen LogP contribution in [0.2, 0.25) is 0 Å². The van der Waals surface area contributed by atoms with Gasteiger partial charge in [0.1, 0.15) is 11.8 Å². The van der Waals surface area contributed by atoms with Gasteiger partial charge in [0.2, 0.25) is 0 Å². The molecule has 3 nitrogen and oxygen atoms in total. The van der Waals surface area contributed by atoms with E-state index >= 15 is 0 Å².